The number of likely N-dealkylation sites (tertiary alicyclic amines) is 1. The summed E-state index contributed by atoms with van der Waals surface area (Å²) in [6, 6.07) is 0. The fourth-order valence-corrected chi connectivity index (χ4v) is 2.89. The van der Waals surface area contributed by atoms with Crippen molar-refractivity contribution in [2.45, 2.75) is 32.6 Å². The molecule has 0 spiro atoms. The van der Waals surface area contributed by atoms with Gasteiger partial charge in [-0.25, -0.2) is 0 Å². The zero-order valence-electron chi connectivity index (χ0n) is 9.68. The van der Waals surface area contributed by atoms with Gasteiger partial charge in [0.2, 0.25) is 0 Å². The number of hydrogen-bond acceptors (Lipinski definition) is 2. The molecular formula is C12H24N2. The maximum atomic E-state index is 3.33. The first-order valence-corrected chi connectivity index (χ1v) is 6.09. The van der Waals surface area contributed by atoms with E-state index in [0.29, 0.717) is 5.41 Å². The van der Waals surface area contributed by atoms with Crippen LogP contribution < -0.4 is 5.32 Å². The van der Waals surface area contributed by atoms with Gasteiger partial charge in [-0.2, -0.15) is 0 Å². The highest BCUT2D eigenvalue weighted by molar-refractivity contribution is 4.89. The topological polar surface area (TPSA) is 15.3 Å². The van der Waals surface area contributed by atoms with Crippen molar-refractivity contribution in [3.05, 3.63) is 0 Å². The molecule has 1 heterocycles. The van der Waals surface area contributed by atoms with Gasteiger partial charge in [-0.05, 0) is 44.2 Å². The normalized spacial score (nSPS) is 34.7. The second-order valence-electron chi connectivity index (χ2n) is 5.62. The molecule has 0 aromatic rings. The summed E-state index contributed by atoms with van der Waals surface area (Å²) in [5.41, 5.74) is 0.540. The summed E-state index contributed by atoms with van der Waals surface area (Å²) in [4.78, 5) is 2.68. The molecule has 2 nitrogen and oxygen atoms in total. The van der Waals surface area contributed by atoms with Crippen LogP contribution in [0.15, 0.2) is 0 Å². The minimum atomic E-state index is 0.540. The van der Waals surface area contributed by atoms with Gasteiger partial charge in [0.15, 0.2) is 0 Å². The van der Waals surface area contributed by atoms with E-state index in [0.717, 1.165) is 5.92 Å². The molecule has 14 heavy (non-hydrogen) atoms. The third kappa shape index (κ3) is 2.29. The predicted octanol–water partition coefficient (Wildman–Crippen LogP) is 1.72. The lowest BCUT2D eigenvalue weighted by atomic mass is 9.85. The molecular weight excluding hydrogens is 172 g/mol. The Morgan fingerprint density at radius 1 is 1.43 bits per heavy atom. The van der Waals surface area contributed by atoms with Gasteiger partial charge >= 0.3 is 0 Å². The number of nitrogens with one attached hydrogen (secondary N) is 1. The van der Waals surface area contributed by atoms with Crippen LogP contribution >= 0.6 is 0 Å². The second kappa shape index (κ2) is 4.19. The maximum Gasteiger partial charge on any atom is 0.00481 e. The molecule has 0 radical (unpaired) electrons. The molecule has 0 aromatic heterocycles. The SMILES string of the molecule is CNCC1(C)CCN(CC2CCC2)C1. The minimum absolute atomic E-state index is 0.540. The van der Waals surface area contributed by atoms with E-state index in [4.69, 9.17) is 0 Å². The molecule has 2 fully saturated rings. The molecule has 1 saturated heterocycles. The van der Waals surface area contributed by atoms with Crippen molar-refractivity contribution in [2.24, 2.45) is 11.3 Å². The van der Waals surface area contributed by atoms with Crippen LogP contribution in [0.3, 0.4) is 0 Å². The zero-order valence-corrected chi connectivity index (χ0v) is 9.68. The average molecular weight is 196 g/mol. The van der Waals surface area contributed by atoms with E-state index in [2.05, 4.69) is 24.2 Å². The van der Waals surface area contributed by atoms with E-state index in [1.54, 1.807) is 0 Å². The highest BCUT2D eigenvalue weighted by Crippen LogP contribution is 2.33. The van der Waals surface area contributed by atoms with Crippen molar-refractivity contribution in [3.63, 3.8) is 0 Å². The smallest absolute Gasteiger partial charge is 0.00481 e. The molecule has 2 rings (SSSR count). The Balaban J connectivity index is 1.75. The first-order valence-electron chi connectivity index (χ1n) is 6.09. The molecule has 0 bridgehead atoms. The maximum absolute atomic E-state index is 3.33. The lowest BCUT2D eigenvalue weighted by Gasteiger charge is -2.31. The molecule has 82 valence electrons. The van der Waals surface area contributed by atoms with Crippen LogP contribution in [0.2, 0.25) is 0 Å². The Morgan fingerprint density at radius 2 is 2.21 bits per heavy atom. The fourth-order valence-electron chi connectivity index (χ4n) is 2.89. The van der Waals surface area contributed by atoms with Gasteiger partial charge in [0.05, 0.1) is 0 Å². The summed E-state index contributed by atoms with van der Waals surface area (Å²) in [6.07, 6.45) is 5.82. The van der Waals surface area contributed by atoms with Crippen molar-refractivity contribution in [1.29, 1.82) is 0 Å². The standard InChI is InChI=1S/C12H24N2/c1-12(9-13-2)6-7-14(10-12)8-11-4-3-5-11/h11,13H,3-10H2,1-2H3. The van der Waals surface area contributed by atoms with Crippen molar-refractivity contribution in [1.82, 2.24) is 10.2 Å². The van der Waals surface area contributed by atoms with E-state index in [9.17, 15) is 0 Å². The quantitative estimate of drug-likeness (QED) is 0.736. The monoisotopic (exact) mass is 196 g/mol. The molecule has 1 N–H and O–H groups in total. The summed E-state index contributed by atoms with van der Waals surface area (Å²) in [5.74, 6) is 1.03. The zero-order chi connectivity index (χ0) is 10.0. The van der Waals surface area contributed by atoms with Crippen molar-refractivity contribution < 1.29 is 0 Å². The fraction of sp³-hybridized carbons (Fsp3) is 1.00. The second-order valence-corrected chi connectivity index (χ2v) is 5.62. The molecule has 1 unspecified atom stereocenters. The van der Waals surface area contributed by atoms with Crippen LogP contribution in [-0.4, -0.2) is 38.1 Å². The van der Waals surface area contributed by atoms with Crippen LogP contribution in [0.5, 0.6) is 0 Å². The van der Waals surface area contributed by atoms with Crippen LogP contribution in [0.25, 0.3) is 0 Å². The Labute approximate surface area is 88.1 Å². The molecule has 0 amide bonds. The number of hydrogen-bond donors (Lipinski definition) is 1. The van der Waals surface area contributed by atoms with Crippen molar-refractivity contribution in [3.8, 4) is 0 Å². The van der Waals surface area contributed by atoms with Gasteiger partial charge in [-0.1, -0.05) is 13.3 Å². The van der Waals surface area contributed by atoms with Gasteiger partial charge < -0.3 is 10.2 Å². The van der Waals surface area contributed by atoms with Gasteiger partial charge in [0.1, 0.15) is 0 Å². The van der Waals surface area contributed by atoms with E-state index in [1.165, 1.54) is 51.9 Å². The molecule has 1 atom stereocenters. The van der Waals surface area contributed by atoms with E-state index >= 15 is 0 Å². The van der Waals surface area contributed by atoms with E-state index in [1.807, 2.05) is 0 Å². The van der Waals surface area contributed by atoms with Crippen LogP contribution in [-0.2, 0) is 0 Å². The van der Waals surface area contributed by atoms with Crippen LogP contribution in [0, 0.1) is 11.3 Å². The molecule has 1 aliphatic carbocycles. The molecule has 1 aliphatic heterocycles. The van der Waals surface area contributed by atoms with Gasteiger partial charge in [0.25, 0.3) is 0 Å². The molecule has 1 saturated carbocycles. The summed E-state index contributed by atoms with van der Waals surface area (Å²) in [5, 5.41) is 3.33. The largest absolute Gasteiger partial charge is 0.319 e. The Kier molecular flexibility index (Phi) is 3.13. The van der Waals surface area contributed by atoms with Crippen LogP contribution in [0.4, 0.5) is 0 Å². The third-order valence-corrected chi connectivity index (χ3v) is 3.98. The van der Waals surface area contributed by atoms with Gasteiger partial charge in [-0.3, -0.25) is 0 Å². The molecule has 2 aliphatic rings. The van der Waals surface area contributed by atoms with Gasteiger partial charge in [-0.15, -0.1) is 0 Å². The summed E-state index contributed by atoms with van der Waals surface area (Å²) in [6.45, 7) is 7.61. The highest BCUT2D eigenvalue weighted by atomic mass is 15.2. The third-order valence-electron chi connectivity index (χ3n) is 3.98. The van der Waals surface area contributed by atoms with E-state index < -0.39 is 0 Å². The summed E-state index contributed by atoms with van der Waals surface area (Å²) in [7, 11) is 2.07. The first kappa shape index (κ1) is 10.4. The van der Waals surface area contributed by atoms with Crippen LogP contribution in [0.1, 0.15) is 32.6 Å². The highest BCUT2D eigenvalue weighted by Gasteiger charge is 2.34. The lowest BCUT2D eigenvalue weighted by molar-refractivity contribution is 0.187. The van der Waals surface area contributed by atoms with Gasteiger partial charge in [0, 0.05) is 19.6 Å². The molecule has 0 aromatic carbocycles. The number of rotatable bonds is 4. The number of nitrogens with zero attached hydrogens (tertiary/aromatic N) is 1. The lowest BCUT2D eigenvalue weighted by Crippen LogP contribution is -2.36. The Hall–Kier alpha value is -0.0800. The first-order chi connectivity index (χ1) is 6.72. The van der Waals surface area contributed by atoms with Crippen molar-refractivity contribution >= 4 is 0 Å². The van der Waals surface area contributed by atoms with Crippen molar-refractivity contribution in [2.75, 3.05) is 33.2 Å². The average Bonchev–Trinajstić information content (AvgIpc) is 2.41. The summed E-state index contributed by atoms with van der Waals surface area (Å²) >= 11 is 0. The van der Waals surface area contributed by atoms with E-state index in [-0.39, 0.29) is 0 Å². The molecule has 2 heteroatoms. The Bertz CT molecular complexity index is 189. The predicted molar refractivity (Wildman–Crippen MR) is 60.4 cm³/mol. The Morgan fingerprint density at radius 3 is 2.79 bits per heavy atom. The summed E-state index contributed by atoms with van der Waals surface area (Å²) < 4.78 is 0. The minimum Gasteiger partial charge on any atom is -0.319 e.